The minimum Gasteiger partial charge on any atom is -0.392 e. The van der Waals surface area contributed by atoms with Crippen LogP contribution in [-0.2, 0) is 33.9 Å². The summed E-state index contributed by atoms with van der Waals surface area (Å²) in [5, 5.41) is 11.4. The van der Waals surface area contributed by atoms with Crippen LogP contribution in [0, 0.1) is 5.41 Å². The van der Waals surface area contributed by atoms with Crippen LogP contribution in [0.3, 0.4) is 0 Å². The van der Waals surface area contributed by atoms with Gasteiger partial charge in [0.25, 0.3) is 0 Å². The number of hydrogen-bond acceptors (Lipinski definition) is 9. The predicted octanol–water partition coefficient (Wildman–Crippen LogP) is 0.325. The summed E-state index contributed by atoms with van der Waals surface area (Å²) >= 11 is 0. The summed E-state index contributed by atoms with van der Waals surface area (Å²) in [6.45, 7) is 0.860. The van der Waals surface area contributed by atoms with Gasteiger partial charge < -0.3 is 25.6 Å². The lowest BCUT2D eigenvalue weighted by molar-refractivity contribution is -0.159. The number of carbonyl (C=O) groups excluding carboxylic acids is 4. The number of nitrogens with one attached hydrogen (secondary N) is 3. The molecule has 1 aliphatic rings. The van der Waals surface area contributed by atoms with Gasteiger partial charge in [0.2, 0.25) is 21.8 Å². The summed E-state index contributed by atoms with van der Waals surface area (Å²) in [6, 6.07) is 16.8. The number of amides is 2. The Morgan fingerprint density at radius 1 is 1.02 bits per heavy atom. The van der Waals surface area contributed by atoms with Crippen molar-refractivity contribution in [3.8, 4) is 0 Å². The number of nitrogens with two attached hydrogens (primary N) is 1. The molecule has 1 heterocycles. The van der Waals surface area contributed by atoms with E-state index in [0.717, 1.165) is 18.0 Å². The number of piperazine rings is 1. The van der Waals surface area contributed by atoms with E-state index in [-0.39, 0.29) is 36.3 Å². The van der Waals surface area contributed by atoms with Gasteiger partial charge in [-0.15, -0.1) is 0 Å². The van der Waals surface area contributed by atoms with E-state index >= 15 is 0 Å². The maximum absolute atomic E-state index is 13.1. The van der Waals surface area contributed by atoms with Crippen molar-refractivity contribution in [2.45, 2.75) is 17.9 Å². The second-order valence-electron chi connectivity index (χ2n) is 9.60. The summed E-state index contributed by atoms with van der Waals surface area (Å²) in [5.74, 6) is -3.13. The Labute approximate surface area is 242 Å². The Balaban J connectivity index is 1.37. The Morgan fingerprint density at radius 3 is 2.36 bits per heavy atom. The first-order valence-electron chi connectivity index (χ1n) is 12.9. The zero-order valence-electron chi connectivity index (χ0n) is 22.7. The third kappa shape index (κ3) is 7.47. The summed E-state index contributed by atoms with van der Waals surface area (Å²) in [6.07, 6.45) is 0. The molecule has 14 heteroatoms. The van der Waals surface area contributed by atoms with Gasteiger partial charge in [-0.3, -0.25) is 19.8 Å². The smallest absolute Gasteiger partial charge is 0.333 e. The number of anilines is 1. The monoisotopic (exact) mass is 594 g/mol. The van der Waals surface area contributed by atoms with E-state index in [1.165, 1.54) is 17.0 Å². The van der Waals surface area contributed by atoms with Crippen molar-refractivity contribution in [2.75, 3.05) is 37.6 Å². The van der Waals surface area contributed by atoms with Gasteiger partial charge in [0.1, 0.15) is 11.9 Å². The first-order valence-corrected chi connectivity index (χ1v) is 14.4. The minimum atomic E-state index is -4.26. The molecular formula is C28H30N6O7S. The number of amidine groups is 1. The lowest BCUT2D eigenvalue weighted by atomic mass is 10.1. The zero-order valence-corrected chi connectivity index (χ0v) is 23.5. The van der Waals surface area contributed by atoms with Crippen molar-refractivity contribution in [2.24, 2.45) is 5.73 Å². The van der Waals surface area contributed by atoms with E-state index in [0.29, 0.717) is 17.5 Å². The normalized spacial score (nSPS) is 14.4. The lowest BCUT2D eigenvalue weighted by Crippen LogP contribution is -2.54. The molecule has 1 aliphatic heterocycles. The molecule has 0 spiro atoms. The summed E-state index contributed by atoms with van der Waals surface area (Å²) in [4.78, 5) is 52.4. The number of benzene rings is 3. The van der Waals surface area contributed by atoms with E-state index in [4.69, 9.17) is 11.1 Å². The fourth-order valence-electron chi connectivity index (χ4n) is 4.37. The first kappa shape index (κ1) is 30.1. The molecule has 2 amide bonds. The fourth-order valence-corrected chi connectivity index (χ4v) is 5.59. The third-order valence-electron chi connectivity index (χ3n) is 6.56. The molecule has 5 N–H and O–H groups in total. The molecule has 3 aromatic carbocycles. The van der Waals surface area contributed by atoms with E-state index in [2.05, 4.69) is 14.8 Å². The van der Waals surface area contributed by atoms with Gasteiger partial charge in [-0.25, -0.2) is 13.2 Å². The Hall–Kier alpha value is -4.82. The van der Waals surface area contributed by atoms with Gasteiger partial charge in [-0.1, -0.05) is 30.3 Å². The standard InChI is InChI=1S/C28H30N6O7S/c1-18(35)41-28(38)24(32-42(39,40)23-11-8-19-4-2-3-5-21(19)14-23)15-31-25(36)16-34-13-12-33(17-26(34)37)22-9-6-20(7-10-22)27(29)30/h2-11,14,24,32H,12-13,15-17H2,1H3,(H3,29,30)(H,31,36)/t24-/m0/s1. The summed E-state index contributed by atoms with van der Waals surface area (Å²) < 4.78 is 33.0. The Kier molecular flexibility index (Phi) is 9.18. The highest BCUT2D eigenvalue weighted by atomic mass is 32.2. The maximum Gasteiger partial charge on any atom is 0.333 e. The van der Waals surface area contributed by atoms with Crippen LogP contribution in [0.1, 0.15) is 12.5 Å². The molecule has 3 aromatic rings. The Bertz CT molecular complexity index is 1640. The molecule has 13 nitrogen and oxygen atoms in total. The van der Waals surface area contributed by atoms with E-state index in [9.17, 15) is 27.6 Å². The maximum atomic E-state index is 13.1. The molecule has 0 unspecified atom stereocenters. The fraction of sp³-hybridized carbons (Fsp3) is 0.250. The quantitative estimate of drug-likeness (QED) is 0.111. The molecule has 0 aromatic heterocycles. The minimum absolute atomic E-state index is 0.0197. The number of rotatable bonds is 10. The number of ether oxygens (including phenoxy) is 1. The van der Waals surface area contributed by atoms with Crippen LogP contribution in [0.4, 0.5) is 5.69 Å². The number of fused-ring (bicyclic) bond motifs is 1. The van der Waals surface area contributed by atoms with Crippen LogP contribution in [0.2, 0.25) is 0 Å². The average Bonchev–Trinajstić information content (AvgIpc) is 2.95. The van der Waals surface area contributed by atoms with E-state index < -0.39 is 40.5 Å². The number of sulfonamides is 1. The second kappa shape index (κ2) is 12.8. The van der Waals surface area contributed by atoms with Crippen molar-refractivity contribution >= 4 is 56.1 Å². The molecule has 1 fully saturated rings. The lowest BCUT2D eigenvalue weighted by Gasteiger charge is -2.35. The molecule has 220 valence electrons. The average molecular weight is 595 g/mol. The van der Waals surface area contributed by atoms with Crippen LogP contribution >= 0.6 is 0 Å². The molecular weight excluding hydrogens is 564 g/mol. The van der Waals surface area contributed by atoms with Crippen LogP contribution < -0.4 is 20.7 Å². The summed E-state index contributed by atoms with van der Waals surface area (Å²) in [7, 11) is -4.26. The van der Waals surface area contributed by atoms with Crippen LogP contribution in [0.15, 0.2) is 71.6 Å². The highest BCUT2D eigenvalue weighted by Gasteiger charge is 2.30. The second-order valence-corrected chi connectivity index (χ2v) is 11.3. The van der Waals surface area contributed by atoms with Crippen molar-refractivity contribution in [1.82, 2.24) is 14.9 Å². The summed E-state index contributed by atoms with van der Waals surface area (Å²) in [5.41, 5.74) is 6.81. The molecule has 4 rings (SSSR count). The number of carbonyl (C=O) groups is 4. The third-order valence-corrected chi connectivity index (χ3v) is 8.03. The van der Waals surface area contributed by atoms with Crippen LogP contribution in [-0.4, -0.2) is 81.7 Å². The first-order chi connectivity index (χ1) is 19.9. The number of nitrogens with zero attached hydrogens (tertiary/aromatic N) is 2. The highest BCUT2D eigenvalue weighted by molar-refractivity contribution is 7.89. The number of hydrogen-bond donors (Lipinski definition) is 4. The topological polar surface area (TPSA) is 192 Å². The zero-order chi connectivity index (χ0) is 30.4. The van der Waals surface area contributed by atoms with Gasteiger partial charge in [0, 0.05) is 37.8 Å². The molecule has 0 radical (unpaired) electrons. The molecule has 0 aliphatic carbocycles. The van der Waals surface area contributed by atoms with Gasteiger partial charge in [0.15, 0.2) is 0 Å². The number of esters is 2. The van der Waals surface area contributed by atoms with Gasteiger partial charge in [-0.2, -0.15) is 4.72 Å². The van der Waals surface area contributed by atoms with Crippen molar-refractivity contribution < 1.29 is 32.3 Å². The SMILES string of the molecule is CC(=O)OC(=O)[C@H](CNC(=O)CN1CCN(c2ccc(C(=N)N)cc2)CC1=O)NS(=O)(=O)c1ccc2ccccc2c1. The van der Waals surface area contributed by atoms with E-state index in [1.54, 1.807) is 42.5 Å². The van der Waals surface area contributed by atoms with Crippen molar-refractivity contribution in [3.05, 3.63) is 72.3 Å². The van der Waals surface area contributed by atoms with Crippen molar-refractivity contribution in [1.29, 1.82) is 5.41 Å². The predicted molar refractivity (Wildman–Crippen MR) is 154 cm³/mol. The molecule has 42 heavy (non-hydrogen) atoms. The van der Waals surface area contributed by atoms with Gasteiger partial charge in [0.05, 0.1) is 18.0 Å². The van der Waals surface area contributed by atoms with Gasteiger partial charge >= 0.3 is 11.9 Å². The number of nitrogen functional groups attached to an aromatic ring is 1. The largest absolute Gasteiger partial charge is 0.392 e. The van der Waals surface area contributed by atoms with Crippen molar-refractivity contribution in [3.63, 3.8) is 0 Å². The van der Waals surface area contributed by atoms with Crippen LogP contribution in [0.5, 0.6) is 0 Å². The Morgan fingerprint density at radius 2 is 1.71 bits per heavy atom. The molecule has 0 bridgehead atoms. The van der Waals surface area contributed by atoms with Gasteiger partial charge in [-0.05, 0) is 47.2 Å². The molecule has 0 saturated carbocycles. The van der Waals surface area contributed by atoms with E-state index in [1.807, 2.05) is 17.0 Å². The molecule has 1 saturated heterocycles. The molecule has 1 atom stereocenters. The van der Waals surface area contributed by atoms with Crippen LogP contribution in [0.25, 0.3) is 10.8 Å². The highest BCUT2D eigenvalue weighted by Crippen LogP contribution is 2.20.